The lowest BCUT2D eigenvalue weighted by Crippen LogP contribution is -2.11. The highest BCUT2D eigenvalue weighted by Crippen LogP contribution is 2.37. The molecule has 0 bridgehead atoms. The fraction of sp³-hybridized carbons (Fsp3) is 0.208. The number of nitrogens with one attached hydrogen (secondary N) is 2. The molecular weight excluding hydrogens is 426 g/mol. The summed E-state index contributed by atoms with van der Waals surface area (Å²) in [4.78, 5) is 23.5. The molecule has 9 nitrogen and oxygen atoms in total. The van der Waals surface area contributed by atoms with Crippen LogP contribution in [0.5, 0.6) is 11.5 Å². The zero-order chi connectivity index (χ0) is 23.5. The Balaban J connectivity index is 1.67. The number of hydrogen-bond donors (Lipinski definition) is 3. The monoisotopic (exact) mass is 449 g/mol. The van der Waals surface area contributed by atoms with Crippen molar-refractivity contribution >= 4 is 28.7 Å². The van der Waals surface area contributed by atoms with E-state index in [1.165, 1.54) is 13.2 Å². The second-order valence-electron chi connectivity index (χ2n) is 7.58. The number of anilines is 3. The molecular formula is C24H23N3O6. The number of hydrogen-bond acceptors (Lipinski definition) is 7. The first-order valence-corrected chi connectivity index (χ1v) is 10.3. The van der Waals surface area contributed by atoms with Crippen LogP contribution in [0.15, 0.2) is 48.5 Å². The molecule has 3 N–H and O–H groups in total. The number of methoxy groups -OCH3 is 2. The minimum Gasteiger partial charge on any atom is -0.496 e. The summed E-state index contributed by atoms with van der Waals surface area (Å²) in [6.45, 7) is -0.0268. The van der Waals surface area contributed by atoms with Crippen LogP contribution in [0.4, 0.5) is 22.7 Å². The van der Waals surface area contributed by atoms with Crippen LogP contribution in [0.2, 0.25) is 0 Å². The number of aliphatic hydroxyl groups is 1. The first kappa shape index (κ1) is 22.1. The van der Waals surface area contributed by atoms with Gasteiger partial charge in [0.1, 0.15) is 5.75 Å². The molecule has 0 spiro atoms. The minimum absolute atomic E-state index is 0.0268. The van der Waals surface area contributed by atoms with E-state index < -0.39 is 4.92 Å². The predicted molar refractivity (Wildman–Crippen MR) is 124 cm³/mol. The molecule has 33 heavy (non-hydrogen) atoms. The summed E-state index contributed by atoms with van der Waals surface area (Å²) >= 11 is 0. The Morgan fingerprint density at radius 2 is 1.61 bits per heavy atom. The van der Waals surface area contributed by atoms with Crippen molar-refractivity contribution in [1.29, 1.82) is 0 Å². The van der Waals surface area contributed by atoms with Gasteiger partial charge in [-0.3, -0.25) is 14.9 Å². The van der Waals surface area contributed by atoms with Crippen LogP contribution < -0.4 is 20.1 Å². The van der Waals surface area contributed by atoms with E-state index in [0.717, 1.165) is 16.7 Å². The van der Waals surface area contributed by atoms with Crippen LogP contribution >= 0.6 is 0 Å². The molecule has 1 aliphatic rings. The lowest BCUT2D eigenvalue weighted by Gasteiger charge is -2.15. The smallest absolute Gasteiger partial charge is 0.310 e. The molecule has 1 amide bonds. The normalized spacial score (nSPS) is 12.0. The number of fused-ring (bicyclic) bond motifs is 2. The van der Waals surface area contributed by atoms with Gasteiger partial charge in [-0.25, -0.2) is 0 Å². The number of ether oxygens (including phenoxy) is 2. The lowest BCUT2D eigenvalue weighted by molar-refractivity contribution is -0.385. The number of benzene rings is 3. The van der Waals surface area contributed by atoms with E-state index in [9.17, 15) is 20.0 Å². The Morgan fingerprint density at radius 1 is 0.909 bits per heavy atom. The van der Waals surface area contributed by atoms with Crippen molar-refractivity contribution < 1.29 is 24.3 Å². The lowest BCUT2D eigenvalue weighted by atomic mass is 10.0. The molecule has 0 fully saturated rings. The third-order valence-corrected chi connectivity index (χ3v) is 5.50. The highest BCUT2D eigenvalue weighted by Gasteiger charge is 2.22. The van der Waals surface area contributed by atoms with E-state index in [4.69, 9.17) is 9.47 Å². The van der Waals surface area contributed by atoms with Gasteiger partial charge in [0.05, 0.1) is 41.8 Å². The Labute approximate surface area is 190 Å². The summed E-state index contributed by atoms with van der Waals surface area (Å²) in [6.07, 6.45) is 0.914. The standard InChI is InChI=1S/C24H23N3O6/c1-32-22-13-20-19(12-16(22)7-8-28)25-18-10-14(3-5-17(18)24(29)26-20)9-15-4-6-21(27(30)31)23(11-15)33-2/h3-6,10-13,25,28H,7-9H2,1-2H3,(H,26,29). The van der Waals surface area contributed by atoms with Gasteiger partial charge in [-0.2, -0.15) is 0 Å². The zero-order valence-corrected chi connectivity index (χ0v) is 18.2. The number of aliphatic hydroxyl groups excluding tert-OH is 1. The van der Waals surface area contributed by atoms with E-state index in [2.05, 4.69) is 10.6 Å². The van der Waals surface area contributed by atoms with Crippen LogP contribution in [0.3, 0.4) is 0 Å². The topological polar surface area (TPSA) is 123 Å². The Morgan fingerprint density at radius 3 is 2.30 bits per heavy atom. The number of carbonyl (C=O) groups excluding carboxylic acids is 1. The maximum absolute atomic E-state index is 12.8. The van der Waals surface area contributed by atoms with E-state index >= 15 is 0 Å². The molecule has 3 aromatic carbocycles. The van der Waals surface area contributed by atoms with Gasteiger partial charge >= 0.3 is 5.69 Å². The molecule has 170 valence electrons. The van der Waals surface area contributed by atoms with Gasteiger partial charge in [-0.15, -0.1) is 0 Å². The van der Waals surface area contributed by atoms with Crippen molar-refractivity contribution in [2.75, 3.05) is 31.5 Å². The maximum atomic E-state index is 12.8. The van der Waals surface area contributed by atoms with Crippen molar-refractivity contribution in [2.45, 2.75) is 12.8 Å². The second-order valence-corrected chi connectivity index (χ2v) is 7.58. The fourth-order valence-corrected chi connectivity index (χ4v) is 3.89. The van der Waals surface area contributed by atoms with Gasteiger partial charge in [-0.05, 0) is 53.8 Å². The first-order valence-electron chi connectivity index (χ1n) is 10.3. The maximum Gasteiger partial charge on any atom is 0.310 e. The van der Waals surface area contributed by atoms with Crippen molar-refractivity contribution in [3.63, 3.8) is 0 Å². The largest absolute Gasteiger partial charge is 0.496 e. The number of nitrogens with zero attached hydrogens (tertiary/aromatic N) is 1. The van der Waals surface area contributed by atoms with E-state index in [-0.39, 0.29) is 24.0 Å². The third-order valence-electron chi connectivity index (χ3n) is 5.50. The van der Waals surface area contributed by atoms with Crippen LogP contribution in [0, 0.1) is 10.1 Å². The van der Waals surface area contributed by atoms with E-state index in [1.807, 2.05) is 18.2 Å². The van der Waals surface area contributed by atoms with Crippen LogP contribution in [0.1, 0.15) is 27.0 Å². The average molecular weight is 449 g/mol. The number of nitro groups is 1. The number of carbonyl (C=O) groups is 1. The average Bonchev–Trinajstić information content (AvgIpc) is 2.93. The Bertz CT molecular complexity index is 1240. The molecule has 0 aliphatic carbocycles. The summed E-state index contributed by atoms with van der Waals surface area (Å²) in [6, 6.07) is 13.8. The first-order chi connectivity index (χ1) is 15.9. The highest BCUT2D eigenvalue weighted by atomic mass is 16.6. The van der Waals surface area contributed by atoms with Crippen molar-refractivity contribution in [1.82, 2.24) is 0 Å². The molecule has 3 aromatic rings. The number of amides is 1. The third kappa shape index (κ3) is 4.44. The van der Waals surface area contributed by atoms with E-state index in [1.54, 1.807) is 31.4 Å². The summed E-state index contributed by atoms with van der Waals surface area (Å²) in [5.74, 6) is 0.532. The fourth-order valence-electron chi connectivity index (χ4n) is 3.89. The van der Waals surface area contributed by atoms with Gasteiger partial charge in [0.2, 0.25) is 0 Å². The molecule has 1 heterocycles. The summed E-state index contributed by atoms with van der Waals surface area (Å²) in [5.41, 5.74) is 4.88. The molecule has 9 heteroatoms. The Kier molecular flexibility index (Phi) is 6.14. The number of rotatable bonds is 7. The van der Waals surface area contributed by atoms with Crippen molar-refractivity contribution in [3.8, 4) is 11.5 Å². The van der Waals surface area contributed by atoms with Crippen LogP contribution in [0.25, 0.3) is 0 Å². The predicted octanol–water partition coefficient (Wildman–Crippen LogP) is 4.05. The SMILES string of the molecule is COc1cc2c(cc1CCO)Nc1cc(Cc3ccc([N+](=O)[O-])c(OC)c3)ccc1C(=O)N2. The molecule has 0 saturated carbocycles. The zero-order valence-electron chi connectivity index (χ0n) is 18.2. The quantitative estimate of drug-likeness (QED) is 0.367. The van der Waals surface area contributed by atoms with Gasteiger partial charge in [-0.1, -0.05) is 12.1 Å². The van der Waals surface area contributed by atoms with Crippen molar-refractivity contribution in [2.24, 2.45) is 0 Å². The summed E-state index contributed by atoms with van der Waals surface area (Å²) in [7, 11) is 2.94. The molecule has 4 rings (SSSR count). The second kappa shape index (κ2) is 9.17. The Hall–Kier alpha value is -4.11. The van der Waals surface area contributed by atoms with Crippen LogP contribution in [-0.2, 0) is 12.8 Å². The minimum atomic E-state index is -0.481. The van der Waals surface area contributed by atoms with Gasteiger partial charge in [0, 0.05) is 18.7 Å². The van der Waals surface area contributed by atoms with Gasteiger partial charge in [0.25, 0.3) is 5.91 Å². The van der Waals surface area contributed by atoms with E-state index in [0.29, 0.717) is 41.2 Å². The highest BCUT2D eigenvalue weighted by molar-refractivity contribution is 6.12. The van der Waals surface area contributed by atoms with Crippen LogP contribution in [-0.4, -0.2) is 36.8 Å². The number of nitro benzene ring substituents is 1. The van der Waals surface area contributed by atoms with Gasteiger partial charge in [0.15, 0.2) is 5.75 Å². The summed E-state index contributed by atoms with van der Waals surface area (Å²) < 4.78 is 10.6. The van der Waals surface area contributed by atoms with Crippen molar-refractivity contribution in [3.05, 3.63) is 80.9 Å². The molecule has 0 radical (unpaired) electrons. The summed E-state index contributed by atoms with van der Waals surface area (Å²) in [5, 5.41) is 26.7. The molecule has 0 saturated heterocycles. The molecule has 1 aliphatic heterocycles. The molecule has 0 unspecified atom stereocenters. The molecule has 0 aromatic heterocycles. The van der Waals surface area contributed by atoms with Gasteiger partial charge < -0.3 is 25.2 Å². The molecule has 0 atom stereocenters.